The van der Waals surface area contributed by atoms with E-state index in [0.717, 1.165) is 59.3 Å². The van der Waals surface area contributed by atoms with E-state index < -0.39 is 12.3 Å². The number of nitrogens with one attached hydrogen (secondary N) is 1. The molecule has 3 atom stereocenters. The minimum absolute atomic E-state index is 0.00587. The van der Waals surface area contributed by atoms with Gasteiger partial charge in [-0.15, -0.1) is 0 Å². The molecule has 0 aromatic heterocycles. The van der Waals surface area contributed by atoms with Crippen LogP contribution in [0, 0.1) is 0 Å². The lowest BCUT2D eigenvalue weighted by molar-refractivity contribution is -0.252. The fourth-order valence-corrected chi connectivity index (χ4v) is 6.06. The predicted octanol–water partition coefficient (Wildman–Crippen LogP) is 7.17. The zero-order valence-corrected chi connectivity index (χ0v) is 27.6. The number of carboxylic acids is 1. The molecule has 1 aliphatic rings. The third-order valence-electron chi connectivity index (χ3n) is 8.65. The van der Waals surface area contributed by atoms with Crippen LogP contribution in [0.5, 0.6) is 0 Å². The zero-order chi connectivity index (χ0) is 33.7. The number of unbranched alkanes of at least 4 members (excludes halogenated alkanes) is 2. The van der Waals surface area contributed by atoms with E-state index in [-0.39, 0.29) is 31.1 Å². The second-order valence-electron chi connectivity index (χ2n) is 12.6. The van der Waals surface area contributed by atoms with Crippen molar-refractivity contribution >= 4 is 11.9 Å². The van der Waals surface area contributed by atoms with Gasteiger partial charge in [0, 0.05) is 44.5 Å². The summed E-state index contributed by atoms with van der Waals surface area (Å²) < 4.78 is 13.1. The van der Waals surface area contributed by atoms with Crippen LogP contribution in [0.1, 0.15) is 78.7 Å². The number of carboxylic acid groups (broad SMARTS) is 1. The van der Waals surface area contributed by atoms with E-state index in [1.54, 1.807) is 0 Å². The van der Waals surface area contributed by atoms with Crippen molar-refractivity contribution in [1.82, 2.24) is 10.2 Å². The maximum atomic E-state index is 12.3. The molecule has 5 rings (SSSR count). The van der Waals surface area contributed by atoms with Gasteiger partial charge in [-0.25, -0.2) is 0 Å². The molecule has 3 N–H and O–H groups in total. The van der Waals surface area contributed by atoms with Gasteiger partial charge < -0.3 is 25.0 Å². The second kappa shape index (κ2) is 17.7. The van der Waals surface area contributed by atoms with Gasteiger partial charge in [0.1, 0.15) is 0 Å². The molecule has 4 aromatic rings. The highest BCUT2D eigenvalue weighted by Crippen LogP contribution is 2.38. The predicted molar refractivity (Wildman–Crippen MR) is 186 cm³/mol. The summed E-state index contributed by atoms with van der Waals surface area (Å²) in [7, 11) is 2.12. The standard InChI is InChI=1S/C40H46N2O6/c1-42(26-29-9-4-2-5-10-29)27-36-24-37(33-17-15-30(28-43)16-18-33)48-40(47-36)34-21-19-32(20-22-34)35-12-8-11-31(23-35)25-41-38(44)13-6-3-7-14-39(45)46/h2,4-5,8-12,15-23,36-37,40,43H,3,6-7,13-14,24-28H2,1H3,(H,41,44)(H,45,46)/t36-,37+,40+/m1/s1. The first-order valence-electron chi connectivity index (χ1n) is 16.8. The molecule has 48 heavy (non-hydrogen) atoms. The van der Waals surface area contributed by atoms with Gasteiger partial charge in [-0.1, -0.05) is 103 Å². The lowest BCUT2D eigenvalue weighted by atomic mass is 9.99. The molecule has 1 amide bonds. The third-order valence-corrected chi connectivity index (χ3v) is 8.65. The highest BCUT2D eigenvalue weighted by molar-refractivity contribution is 5.76. The molecule has 0 radical (unpaired) electrons. The summed E-state index contributed by atoms with van der Waals surface area (Å²) in [6.07, 6.45) is 2.54. The minimum atomic E-state index is -0.799. The van der Waals surface area contributed by atoms with Gasteiger partial charge in [-0.2, -0.15) is 0 Å². The minimum Gasteiger partial charge on any atom is -0.481 e. The van der Waals surface area contributed by atoms with Crippen LogP contribution in [0.3, 0.4) is 0 Å². The van der Waals surface area contributed by atoms with Gasteiger partial charge in [0.2, 0.25) is 5.91 Å². The van der Waals surface area contributed by atoms with Crippen LogP contribution in [-0.4, -0.2) is 46.7 Å². The zero-order valence-electron chi connectivity index (χ0n) is 27.6. The van der Waals surface area contributed by atoms with E-state index in [4.69, 9.17) is 14.6 Å². The number of likely N-dealkylation sites (N-methyl/N-ethyl adjacent to an activating group) is 1. The summed E-state index contributed by atoms with van der Waals surface area (Å²) in [4.78, 5) is 25.2. The summed E-state index contributed by atoms with van der Waals surface area (Å²) in [5.74, 6) is -0.827. The molecule has 8 heteroatoms. The maximum Gasteiger partial charge on any atom is 0.303 e. The Balaban J connectivity index is 1.22. The van der Waals surface area contributed by atoms with E-state index in [1.165, 1.54) is 5.56 Å². The van der Waals surface area contributed by atoms with Crippen molar-refractivity contribution in [2.24, 2.45) is 0 Å². The van der Waals surface area contributed by atoms with E-state index in [0.29, 0.717) is 25.8 Å². The van der Waals surface area contributed by atoms with Crippen molar-refractivity contribution in [3.05, 3.63) is 131 Å². The van der Waals surface area contributed by atoms with Crippen LogP contribution >= 0.6 is 0 Å². The summed E-state index contributed by atoms with van der Waals surface area (Å²) in [5, 5.41) is 21.3. The van der Waals surface area contributed by atoms with Gasteiger partial charge in [0.05, 0.1) is 18.8 Å². The Labute approximate surface area is 283 Å². The van der Waals surface area contributed by atoms with Crippen LogP contribution in [0.4, 0.5) is 0 Å². The van der Waals surface area contributed by atoms with E-state index in [9.17, 15) is 14.7 Å². The molecule has 0 unspecified atom stereocenters. The van der Waals surface area contributed by atoms with Gasteiger partial charge in [-0.3, -0.25) is 14.5 Å². The van der Waals surface area contributed by atoms with Gasteiger partial charge in [0.15, 0.2) is 6.29 Å². The lowest BCUT2D eigenvalue weighted by Crippen LogP contribution is -2.37. The molecule has 0 saturated carbocycles. The number of ether oxygens (including phenoxy) is 2. The van der Waals surface area contributed by atoms with Crippen molar-refractivity contribution in [2.45, 2.75) is 76.7 Å². The van der Waals surface area contributed by atoms with E-state index >= 15 is 0 Å². The number of rotatable bonds is 16. The van der Waals surface area contributed by atoms with Crippen LogP contribution in [0.15, 0.2) is 103 Å². The first-order valence-corrected chi connectivity index (χ1v) is 16.8. The van der Waals surface area contributed by atoms with Gasteiger partial charge >= 0.3 is 5.97 Å². The van der Waals surface area contributed by atoms with Gasteiger partial charge in [0.25, 0.3) is 0 Å². The largest absolute Gasteiger partial charge is 0.481 e. The van der Waals surface area contributed by atoms with Crippen molar-refractivity contribution in [3.8, 4) is 11.1 Å². The fourth-order valence-electron chi connectivity index (χ4n) is 6.06. The Morgan fingerprint density at radius 2 is 1.48 bits per heavy atom. The van der Waals surface area contributed by atoms with Crippen molar-refractivity contribution < 1.29 is 29.3 Å². The third kappa shape index (κ3) is 10.6. The number of nitrogens with zero attached hydrogens (tertiary/aromatic N) is 1. The monoisotopic (exact) mass is 650 g/mol. The molecule has 1 saturated heterocycles. The average Bonchev–Trinajstić information content (AvgIpc) is 3.11. The number of hydrogen-bond donors (Lipinski definition) is 3. The highest BCUT2D eigenvalue weighted by atomic mass is 16.7. The first kappa shape index (κ1) is 35.0. The van der Waals surface area contributed by atoms with Crippen molar-refractivity contribution in [3.63, 3.8) is 0 Å². The lowest BCUT2D eigenvalue weighted by Gasteiger charge is -2.38. The number of carbonyl (C=O) groups excluding carboxylic acids is 1. The molecule has 4 aromatic carbocycles. The number of benzene rings is 4. The summed E-state index contributed by atoms with van der Waals surface area (Å²) in [6, 6.07) is 34.8. The number of aliphatic hydroxyl groups excluding tert-OH is 1. The Morgan fingerprint density at radius 3 is 2.21 bits per heavy atom. The molecule has 0 aliphatic carbocycles. The number of aliphatic hydroxyl groups is 1. The topological polar surface area (TPSA) is 108 Å². The number of hydrogen-bond acceptors (Lipinski definition) is 6. The molecular formula is C40H46N2O6. The highest BCUT2D eigenvalue weighted by Gasteiger charge is 2.32. The second-order valence-corrected chi connectivity index (χ2v) is 12.6. The Morgan fingerprint density at radius 1 is 0.771 bits per heavy atom. The number of aliphatic carboxylic acids is 1. The van der Waals surface area contributed by atoms with Crippen molar-refractivity contribution in [1.29, 1.82) is 0 Å². The van der Waals surface area contributed by atoms with E-state index in [1.807, 2.05) is 42.5 Å². The van der Waals surface area contributed by atoms with Gasteiger partial charge in [-0.05, 0) is 59.3 Å². The summed E-state index contributed by atoms with van der Waals surface area (Å²) in [5.41, 5.74) is 7.24. The number of amides is 1. The quantitative estimate of drug-likeness (QED) is 0.110. The van der Waals surface area contributed by atoms with E-state index in [2.05, 4.69) is 77.9 Å². The fraction of sp³-hybridized carbons (Fsp3) is 0.350. The normalized spacial score (nSPS) is 17.7. The Bertz CT molecular complexity index is 1590. The smallest absolute Gasteiger partial charge is 0.303 e. The van der Waals surface area contributed by atoms with Crippen LogP contribution in [0.25, 0.3) is 11.1 Å². The average molecular weight is 651 g/mol. The molecule has 0 bridgehead atoms. The van der Waals surface area contributed by atoms with Crippen LogP contribution < -0.4 is 5.32 Å². The van der Waals surface area contributed by atoms with Crippen LogP contribution in [0.2, 0.25) is 0 Å². The van der Waals surface area contributed by atoms with Crippen LogP contribution in [-0.2, 0) is 38.8 Å². The molecule has 1 aliphatic heterocycles. The molecular weight excluding hydrogens is 604 g/mol. The number of carbonyl (C=O) groups is 2. The Kier molecular flexibility index (Phi) is 12.9. The maximum absolute atomic E-state index is 12.3. The first-order chi connectivity index (χ1) is 23.4. The SMILES string of the molecule is CN(Cc1ccccc1)C[C@H]1C[C@@H](c2ccc(CO)cc2)O[C@@H](c2ccc(-c3cccc(CNC(=O)CCCCCC(=O)O)c3)cc2)O1. The summed E-state index contributed by atoms with van der Waals surface area (Å²) in [6.45, 7) is 2.02. The molecule has 252 valence electrons. The molecule has 0 spiro atoms. The summed E-state index contributed by atoms with van der Waals surface area (Å²) >= 11 is 0. The van der Waals surface area contributed by atoms with Crippen molar-refractivity contribution in [2.75, 3.05) is 13.6 Å². The molecule has 1 heterocycles. The Hall–Kier alpha value is -4.34. The molecule has 8 nitrogen and oxygen atoms in total. The molecule has 1 fully saturated rings.